The molecule has 0 spiro atoms. The first-order valence-corrected chi connectivity index (χ1v) is 10.3. The zero-order valence-corrected chi connectivity index (χ0v) is 17.7. The Bertz CT molecular complexity index is 628. The molecule has 1 aromatic carbocycles. The molecule has 0 saturated carbocycles. The van der Waals surface area contributed by atoms with E-state index < -0.39 is 11.7 Å². The maximum Gasteiger partial charge on any atom is 0.417 e. The molecule has 1 aromatic rings. The summed E-state index contributed by atoms with van der Waals surface area (Å²) in [6.45, 7) is 9.50. The standard InChI is InChI=1S/C22H35N3O3/c1-5-6-10-13-23-18-14-19(24-15-18)20(26)25(21(27)28-22(2,3)4)16-17-11-8-7-9-12-17/h7-9,11-12,18-19,23-24H,5-6,10,13-16H2,1-4H3/t18-,19-/m0/s1. The summed E-state index contributed by atoms with van der Waals surface area (Å²) >= 11 is 0. The summed E-state index contributed by atoms with van der Waals surface area (Å²) in [7, 11) is 0. The number of hydrogen-bond donors (Lipinski definition) is 2. The highest BCUT2D eigenvalue weighted by atomic mass is 16.6. The van der Waals surface area contributed by atoms with Crippen molar-refractivity contribution in [3.63, 3.8) is 0 Å². The van der Waals surface area contributed by atoms with E-state index in [1.807, 2.05) is 30.3 Å². The fraction of sp³-hybridized carbons (Fsp3) is 0.636. The number of amides is 2. The molecule has 1 aliphatic rings. The molecule has 156 valence electrons. The van der Waals surface area contributed by atoms with Crippen LogP contribution in [0.1, 0.15) is 58.9 Å². The van der Waals surface area contributed by atoms with Crippen molar-refractivity contribution in [3.8, 4) is 0 Å². The first-order valence-electron chi connectivity index (χ1n) is 10.3. The van der Waals surface area contributed by atoms with Crippen molar-refractivity contribution in [2.75, 3.05) is 13.1 Å². The zero-order chi connectivity index (χ0) is 20.6. The molecule has 1 aliphatic heterocycles. The van der Waals surface area contributed by atoms with E-state index in [2.05, 4.69) is 17.6 Å². The minimum absolute atomic E-state index is 0.210. The van der Waals surface area contributed by atoms with Gasteiger partial charge in [0.2, 0.25) is 5.91 Å². The van der Waals surface area contributed by atoms with Gasteiger partial charge in [0.25, 0.3) is 0 Å². The highest BCUT2D eigenvalue weighted by molar-refractivity contribution is 5.95. The predicted octanol–water partition coefficient (Wildman–Crippen LogP) is 3.46. The van der Waals surface area contributed by atoms with Crippen LogP contribution in [0.2, 0.25) is 0 Å². The third kappa shape index (κ3) is 7.24. The van der Waals surface area contributed by atoms with Crippen LogP contribution in [0, 0.1) is 0 Å². The van der Waals surface area contributed by atoms with Crippen LogP contribution in [0.15, 0.2) is 30.3 Å². The third-order valence-corrected chi connectivity index (χ3v) is 4.71. The smallest absolute Gasteiger partial charge is 0.417 e. The second-order valence-corrected chi connectivity index (χ2v) is 8.45. The Balaban J connectivity index is 2.01. The molecule has 0 aromatic heterocycles. The molecule has 2 rings (SSSR count). The molecule has 1 saturated heterocycles. The number of rotatable bonds is 8. The van der Waals surface area contributed by atoms with E-state index in [9.17, 15) is 9.59 Å². The van der Waals surface area contributed by atoms with Crippen molar-refractivity contribution in [1.29, 1.82) is 0 Å². The van der Waals surface area contributed by atoms with Gasteiger partial charge in [-0.05, 0) is 45.7 Å². The Hall–Kier alpha value is -1.92. The highest BCUT2D eigenvalue weighted by Gasteiger charge is 2.36. The van der Waals surface area contributed by atoms with Gasteiger partial charge in [-0.3, -0.25) is 4.79 Å². The molecule has 0 unspecified atom stereocenters. The highest BCUT2D eigenvalue weighted by Crippen LogP contribution is 2.17. The summed E-state index contributed by atoms with van der Waals surface area (Å²) in [5.41, 5.74) is 0.243. The van der Waals surface area contributed by atoms with Crippen LogP contribution in [-0.2, 0) is 16.1 Å². The number of carbonyl (C=O) groups excluding carboxylic acids is 2. The number of carbonyl (C=O) groups is 2. The van der Waals surface area contributed by atoms with E-state index in [4.69, 9.17) is 4.74 Å². The first-order chi connectivity index (χ1) is 13.3. The number of hydrogen-bond acceptors (Lipinski definition) is 5. The van der Waals surface area contributed by atoms with E-state index >= 15 is 0 Å². The van der Waals surface area contributed by atoms with Crippen molar-refractivity contribution in [2.24, 2.45) is 0 Å². The van der Waals surface area contributed by atoms with Gasteiger partial charge in [-0.2, -0.15) is 0 Å². The minimum Gasteiger partial charge on any atom is -0.443 e. The number of benzene rings is 1. The van der Waals surface area contributed by atoms with Crippen molar-refractivity contribution < 1.29 is 14.3 Å². The largest absolute Gasteiger partial charge is 0.443 e. The van der Waals surface area contributed by atoms with Crippen molar-refractivity contribution in [1.82, 2.24) is 15.5 Å². The molecule has 2 N–H and O–H groups in total. The first kappa shape index (κ1) is 22.4. The SMILES string of the molecule is CCCCCN[C@@H]1CN[C@H](C(=O)N(Cc2ccccc2)C(=O)OC(C)(C)C)C1. The van der Waals surface area contributed by atoms with Crippen molar-refractivity contribution in [2.45, 2.75) is 77.6 Å². The third-order valence-electron chi connectivity index (χ3n) is 4.71. The van der Waals surface area contributed by atoms with E-state index in [-0.39, 0.29) is 24.5 Å². The van der Waals surface area contributed by atoms with Gasteiger partial charge in [-0.1, -0.05) is 50.1 Å². The Kier molecular flexibility index (Phi) is 8.45. The van der Waals surface area contributed by atoms with Gasteiger partial charge >= 0.3 is 6.09 Å². The molecule has 0 bridgehead atoms. The van der Waals surface area contributed by atoms with E-state index in [1.165, 1.54) is 17.7 Å². The van der Waals surface area contributed by atoms with Crippen LogP contribution in [0.3, 0.4) is 0 Å². The van der Waals surface area contributed by atoms with E-state index in [1.54, 1.807) is 20.8 Å². The molecule has 6 heteroatoms. The summed E-state index contributed by atoms with van der Waals surface area (Å²) in [5, 5.41) is 6.78. The number of imide groups is 1. The van der Waals surface area contributed by atoms with Gasteiger partial charge in [0.15, 0.2) is 0 Å². The second-order valence-electron chi connectivity index (χ2n) is 8.45. The zero-order valence-electron chi connectivity index (χ0n) is 17.7. The summed E-state index contributed by atoms with van der Waals surface area (Å²) in [5.74, 6) is -0.226. The molecule has 28 heavy (non-hydrogen) atoms. The fourth-order valence-corrected chi connectivity index (χ4v) is 3.26. The fourth-order valence-electron chi connectivity index (χ4n) is 3.26. The number of nitrogens with one attached hydrogen (secondary N) is 2. The van der Waals surface area contributed by atoms with Crippen molar-refractivity contribution >= 4 is 12.0 Å². The molecule has 6 nitrogen and oxygen atoms in total. The lowest BCUT2D eigenvalue weighted by atomic mass is 10.1. The maximum absolute atomic E-state index is 13.1. The summed E-state index contributed by atoms with van der Waals surface area (Å²) in [6.07, 6.45) is 3.63. The number of unbranched alkanes of at least 4 members (excludes halogenated alkanes) is 2. The Morgan fingerprint density at radius 1 is 1.21 bits per heavy atom. The monoisotopic (exact) mass is 389 g/mol. The van der Waals surface area contributed by atoms with Gasteiger partial charge in [0.1, 0.15) is 5.60 Å². The average Bonchev–Trinajstić information content (AvgIpc) is 3.11. The molecule has 2 amide bonds. The van der Waals surface area contributed by atoms with Gasteiger partial charge < -0.3 is 15.4 Å². The lowest BCUT2D eigenvalue weighted by Crippen LogP contribution is -2.47. The lowest BCUT2D eigenvalue weighted by Gasteiger charge is -2.28. The van der Waals surface area contributed by atoms with Crippen LogP contribution in [0.25, 0.3) is 0 Å². The predicted molar refractivity (Wildman–Crippen MR) is 111 cm³/mol. The minimum atomic E-state index is -0.654. The number of ether oxygens (including phenoxy) is 1. The molecular formula is C22H35N3O3. The average molecular weight is 390 g/mol. The quantitative estimate of drug-likeness (QED) is 0.666. The van der Waals surface area contributed by atoms with Crippen LogP contribution in [0.4, 0.5) is 4.79 Å². The van der Waals surface area contributed by atoms with Gasteiger partial charge in [-0.15, -0.1) is 0 Å². The normalized spacial score (nSPS) is 19.4. The summed E-state index contributed by atoms with van der Waals surface area (Å²) in [4.78, 5) is 27.1. The lowest BCUT2D eigenvalue weighted by molar-refractivity contribution is -0.132. The van der Waals surface area contributed by atoms with E-state index in [0.717, 1.165) is 25.1 Å². The number of nitrogens with zero attached hydrogens (tertiary/aromatic N) is 1. The Labute approximate surface area is 169 Å². The second kappa shape index (κ2) is 10.6. The van der Waals surface area contributed by atoms with Crippen LogP contribution >= 0.6 is 0 Å². The van der Waals surface area contributed by atoms with E-state index in [0.29, 0.717) is 6.42 Å². The van der Waals surface area contributed by atoms with Crippen LogP contribution in [-0.4, -0.2) is 47.7 Å². The van der Waals surface area contributed by atoms with Crippen LogP contribution < -0.4 is 10.6 Å². The van der Waals surface area contributed by atoms with Gasteiger partial charge in [0, 0.05) is 12.6 Å². The molecule has 0 aliphatic carbocycles. The summed E-state index contributed by atoms with van der Waals surface area (Å²) < 4.78 is 5.49. The Morgan fingerprint density at radius 2 is 1.93 bits per heavy atom. The van der Waals surface area contributed by atoms with Gasteiger partial charge in [0.05, 0.1) is 12.6 Å². The maximum atomic E-state index is 13.1. The molecule has 2 atom stereocenters. The van der Waals surface area contributed by atoms with Crippen LogP contribution in [0.5, 0.6) is 0 Å². The molecule has 1 fully saturated rings. The molecular weight excluding hydrogens is 354 g/mol. The summed E-state index contributed by atoms with van der Waals surface area (Å²) in [6, 6.07) is 9.41. The molecule has 1 heterocycles. The molecule has 0 radical (unpaired) electrons. The van der Waals surface area contributed by atoms with Crippen molar-refractivity contribution in [3.05, 3.63) is 35.9 Å². The topological polar surface area (TPSA) is 70.7 Å². The van der Waals surface area contributed by atoms with Gasteiger partial charge in [-0.25, -0.2) is 9.69 Å². The Morgan fingerprint density at radius 3 is 2.57 bits per heavy atom.